The lowest BCUT2D eigenvalue weighted by atomic mass is 10.2. The predicted molar refractivity (Wildman–Crippen MR) is 81.3 cm³/mol. The fourth-order valence-corrected chi connectivity index (χ4v) is 3.07. The van der Waals surface area contributed by atoms with Gasteiger partial charge in [-0.2, -0.15) is 0 Å². The molecular weight excluding hydrogens is 278 g/mol. The van der Waals surface area contributed by atoms with Crippen molar-refractivity contribution < 1.29 is 14.3 Å². The molecule has 0 aliphatic rings. The van der Waals surface area contributed by atoms with E-state index in [1.54, 1.807) is 0 Å². The number of nitrogens with zero attached hydrogens (tertiary/aromatic N) is 1. The Morgan fingerprint density at radius 3 is 2.40 bits per heavy atom. The summed E-state index contributed by atoms with van der Waals surface area (Å²) in [5.41, 5.74) is 11.5. The van der Waals surface area contributed by atoms with Crippen LogP contribution in [-0.2, 0) is 4.74 Å². The molecule has 0 aromatic carbocycles. The summed E-state index contributed by atoms with van der Waals surface area (Å²) in [6, 6.07) is 0. The Morgan fingerprint density at radius 1 is 1.40 bits per heavy atom. The molecule has 0 saturated carbocycles. The van der Waals surface area contributed by atoms with Crippen LogP contribution >= 0.6 is 11.3 Å². The van der Waals surface area contributed by atoms with Gasteiger partial charge in [0.25, 0.3) is 5.91 Å². The van der Waals surface area contributed by atoms with Crippen molar-refractivity contribution in [1.82, 2.24) is 0 Å². The molecule has 112 valence electrons. The summed E-state index contributed by atoms with van der Waals surface area (Å²) >= 11 is 1.14. The molecule has 1 amide bonds. The normalized spacial score (nSPS) is 10.7. The maximum atomic E-state index is 11.9. The van der Waals surface area contributed by atoms with Gasteiger partial charge in [0.1, 0.15) is 15.4 Å². The first-order chi connectivity index (χ1) is 9.33. The Morgan fingerprint density at radius 2 is 2.00 bits per heavy atom. The fourth-order valence-electron chi connectivity index (χ4n) is 1.93. The molecule has 1 aromatic rings. The number of nitrogens with two attached hydrogens (primary N) is 2. The Balaban J connectivity index is 3.39. The summed E-state index contributed by atoms with van der Waals surface area (Å²) in [5, 5.41) is 0.638. The zero-order valence-corrected chi connectivity index (χ0v) is 13.0. The van der Waals surface area contributed by atoms with Crippen molar-refractivity contribution >= 4 is 33.9 Å². The van der Waals surface area contributed by atoms with Crippen LogP contribution in [0, 0.1) is 5.92 Å². The zero-order chi connectivity index (χ0) is 15.4. The quantitative estimate of drug-likeness (QED) is 0.779. The van der Waals surface area contributed by atoms with Gasteiger partial charge < -0.3 is 21.1 Å². The van der Waals surface area contributed by atoms with Crippen molar-refractivity contribution in [3.05, 3.63) is 10.4 Å². The molecule has 1 aromatic heterocycles. The second kappa shape index (κ2) is 6.60. The molecule has 0 aliphatic carbocycles. The minimum absolute atomic E-state index is 0.103. The summed E-state index contributed by atoms with van der Waals surface area (Å²) in [6.07, 6.45) is 0. The van der Waals surface area contributed by atoms with Gasteiger partial charge in [0.2, 0.25) is 0 Å². The van der Waals surface area contributed by atoms with E-state index in [-0.39, 0.29) is 16.1 Å². The smallest absolute Gasteiger partial charge is 0.343 e. The van der Waals surface area contributed by atoms with E-state index in [0.717, 1.165) is 17.9 Å². The van der Waals surface area contributed by atoms with Crippen molar-refractivity contribution in [2.75, 3.05) is 30.8 Å². The first kappa shape index (κ1) is 16.3. The molecule has 6 nitrogen and oxygen atoms in total. The number of ether oxygens (including phenoxy) is 1. The van der Waals surface area contributed by atoms with Crippen LogP contribution in [0.3, 0.4) is 0 Å². The highest BCUT2D eigenvalue weighted by Gasteiger charge is 2.28. The minimum Gasteiger partial charge on any atom is -0.465 e. The summed E-state index contributed by atoms with van der Waals surface area (Å²) in [4.78, 5) is 25.5. The number of hydrogen-bond acceptors (Lipinski definition) is 6. The molecule has 0 atom stereocenters. The second-order valence-corrected chi connectivity index (χ2v) is 5.81. The van der Waals surface area contributed by atoms with Crippen LogP contribution in [0.15, 0.2) is 0 Å². The number of thiophene rings is 1. The highest BCUT2D eigenvalue weighted by atomic mass is 32.1. The molecule has 0 bridgehead atoms. The Kier molecular flexibility index (Phi) is 5.38. The van der Waals surface area contributed by atoms with Gasteiger partial charge in [-0.15, -0.1) is 11.3 Å². The molecule has 4 N–H and O–H groups in total. The number of nitrogen functional groups attached to an aromatic ring is 1. The van der Waals surface area contributed by atoms with Crippen LogP contribution in [0.5, 0.6) is 0 Å². The SMILES string of the molecule is CCN(CC(C)C)c1sc(C(N)=O)c(N)c1C(=O)OC. The lowest BCUT2D eigenvalue weighted by molar-refractivity contribution is 0.0603. The minimum atomic E-state index is -0.635. The molecule has 0 unspecified atom stereocenters. The number of anilines is 2. The monoisotopic (exact) mass is 299 g/mol. The molecule has 0 spiro atoms. The van der Waals surface area contributed by atoms with E-state index in [4.69, 9.17) is 16.2 Å². The number of carbonyl (C=O) groups is 2. The summed E-state index contributed by atoms with van der Waals surface area (Å²) < 4.78 is 4.76. The molecule has 20 heavy (non-hydrogen) atoms. The third-order valence-corrected chi connectivity index (χ3v) is 4.08. The predicted octanol–water partition coefficient (Wildman–Crippen LogP) is 1.70. The molecule has 1 heterocycles. The number of primary amides is 1. The average Bonchev–Trinajstić information content (AvgIpc) is 2.72. The molecule has 0 fully saturated rings. The van der Waals surface area contributed by atoms with Crippen LogP contribution in [0.1, 0.15) is 40.8 Å². The average molecular weight is 299 g/mol. The van der Waals surface area contributed by atoms with E-state index < -0.39 is 11.9 Å². The number of carbonyl (C=O) groups excluding carboxylic acids is 2. The molecular formula is C13H21N3O3S. The number of amides is 1. The Hall–Kier alpha value is -1.76. The van der Waals surface area contributed by atoms with Gasteiger partial charge in [-0.3, -0.25) is 4.79 Å². The maximum Gasteiger partial charge on any atom is 0.343 e. The first-order valence-electron chi connectivity index (χ1n) is 6.38. The molecule has 0 radical (unpaired) electrons. The molecule has 7 heteroatoms. The molecule has 1 rings (SSSR count). The maximum absolute atomic E-state index is 11.9. The van der Waals surface area contributed by atoms with E-state index in [1.807, 2.05) is 11.8 Å². The van der Waals surface area contributed by atoms with Gasteiger partial charge in [-0.1, -0.05) is 13.8 Å². The lowest BCUT2D eigenvalue weighted by Gasteiger charge is -2.24. The largest absolute Gasteiger partial charge is 0.465 e. The fraction of sp³-hybridized carbons (Fsp3) is 0.538. The van der Waals surface area contributed by atoms with Crippen molar-refractivity contribution in [2.45, 2.75) is 20.8 Å². The highest BCUT2D eigenvalue weighted by Crippen LogP contribution is 2.38. The van der Waals surface area contributed by atoms with Gasteiger partial charge in [0, 0.05) is 13.1 Å². The van der Waals surface area contributed by atoms with Gasteiger partial charge >= 0.3 is 5.97 Å². The van der Waals surface area contributed by atoms with Crippen LogP contribution in [0.2, 0.25) is 0 Å². The van der Waals surface area contributed by atoms with Crippen molar-refractivity contribution in [1.29, 1.82) is 0 Å². The Labute approximate surface area is 122 Å². The highest BCUT2D eigenvalue weighted by molar-refractivity contribution is 7.19. The van der Waals surface area contributed by atoms with Crippen molar-refractivity contribution in [3.8, 4) is 0 Å². The summed E-state index contributed by atoms with van der Waals surface area (Å²) in [5.74, 6) is -0.784. The van der Waals surface area contributed by atoms with Crippen LogP contribution in [0.25, 0.3) is 0 Å². The van der Waals surface area contributed by atoms with E-state index >= 15 is 0 Å². The Bertz CT molecular complexity index is 511. The second-order valence-electron chi connectivity index (χ2n) is 4.81. The number of hydrogen-bond donors (Lipinski definition) is 2. The molecule has 0 saturated heterocycles. The van der Waals surface area contributed by atoms with Crippen LogP contribution in [-0.4, -0.2) is 32.1 Å². The van der Waals surface area contributed by atoms with E-state index in [0.29, 0.717) is 17.5 Å². The molecule has 0 aliphatic heterocycles. The summed E-state index contributed by atoms with van der Waals surface area (Å²) in [6.45, 7) is 7.57. The van der Waals surface area contributed by atoms with Gasteiger partial charge in [-0.05, 0) is 12.8 Å². The number of rotatable bonds is 6. The van der Waals surface area contributed by atoms with Crippen LogP contribution < -0.4 is 16.4 Å². The summed E-state index contributed by atoms with van der Waals surface area (Å²) in [7, 11) is 1.28. The third-order valence-electron chi connectivity index (χ3n) is 2.79. The van der Waals surface area contributed by atoms with Gasteiger partial charge in [-0.25, -0.2) is 4.79 Å². The number of methoxy groups -OCH3 is 1. The van der Waals surface area contributed by atoms with Crippen molar-refractivity contribution in [2.24, 2.45) is 11.7 Å². The zero-order valence-electron chi connectivity index (χ0n) is 12.2. The standard InChI is InChI=1S/C13H21N3O3S/c1-5-16(6-7(2)3)12-8(13(18)19-4)9(14)10(20-12)11(15)17/h7H,5-6,14H2,1-4H3,(H2,15,17). The third kappa shape index (κ3) is 3.22. The lowest BCUT2D eigenvalue weighted by Crippen LogP contribution is -2.28. The van der Waals surface area contributed by atoms with E-state index in [2.05, 4.69) is 13.8 Å². The van der Waals surface area contributed by atoms with E-state index in [9.17, 15) is 9.59 Å². The van der Waals surface area contributed by atoms with E-state index in [1.165, 1.54) is 7.11 Å². The van der Waals surface area contributed by atoms with Crippen molar-refractivity contribution in [3.63, 3.8) is 0 Å². The topological polar surface area (TPSA) is 98.6 Å². The number of esters is 1. The first-order valence-corrected chi connectivity index (χ1v) is 7.20. The van der Waals surface area contributed by atoms with Gasteiger partial charge in [0.15, 0.2) is 0 Å². The van der Waals surface area contributed by atoms with Gasteiger partial charge in [0.05, 0.1) is 12.8 Å². The van der Waals surface area contributed by atoms with Crippen LogP contribution in [0.4, 0.5) is 10.7 Å².